The molecule has 18 heavy (non-hydrogen) atoms. The lowest BCUT2D eigenvalue weighted by atomic mass is 9.78. The van der Waals surface area contributed by atoms with Gasteiger partial charge in [0.1, 0.15) is 11.8 Å². The van der Waals surface area contributed by atoms with Crippen LogP contribution in [-0.2, 0) is 23.9 Å². The Morgan fingerprint density at radius 1 is 1.00 bits per heavy atom. The highest BCUT2D eigenvalue weighted by molar-refractivity contribution is 6.10. The molecule has 0 unspecified atom stereocenters. The van der Waals surface area contributed by atoms with Gasteiger partial charge in [-0.2, -0.15) is 0 Å². The number of piperidine rings is 1. The third-order valence-corrected chi connectivity index (χ3v) is 3.77. The van der Waals surface area contributed by atoms with Crippen LogP contribution < -0.4 is 0 Å². The zero-order valence-corrected chi connectivity index (χ0v) is 11.3. The fourth-order valence-electron chi connectivity index (χ4n) is 2.39. The summed E-state index contributed by atoms with van der Waals surface area (Å²) in [4.78, 5) is 37.4. The first-order valence-corrected chi connectivity index (χ1v) is 5.78. The van der Waals surface area contributed by atoms with Crippen molar-refractivity contribution < 1.29 is 23.9 Å². The second kappa shape index (κ2) is 5.48. The SMILES string of the molecule is COC(=O)[C@H]1C(=O)[C@@H](C(=O)OC)[C@H](C)N(C)[C@@H]1C. The van der Waals surface area contributed by atoms with Crippen molar-refractivity contribution in [2.75, 3.05) is 21.3 Å². The topological polar surface area (TPSA) is 72.9 Å². The van der Waals surface area contributed by atoms with Crippen molar-refractivity contribution in [3.05, 3.63) is 0 Å². The van der Waals surface area contributed by atoms with E-state index in [0.717, 1.165) is 0 Å². The monoisotopic (exact) mass is 257 g/mol. The van der Waals surface area contributed by atoms with Gasteiger partial charge >= 0.3 is 11.9 Å². The highest BCUT2D eigenvalue weighted by Gasteiger charge is 2.50. The van der Waals surface area contributed by atoms with E-state index in [0.29, 0.717) is 0 Å². The average Bonchev–Trinajstić information content (AvgIpc) is 2.35. The van der Waals surface area contributed by atoms with Crippen LogP contribution in [0.4, 0.5) is 0 Å². The Balaban J connectivity index is 3.12. The summed E-state index contributed by atoms with van der Waals surface area (Å²) >= 11 is 0. The summed E-state index contributed by atoms with van der Waals surface area (Å²) in [6.45, 7) is 3.53. The molecule has 1 fully saturated rings. The lowest BCUT2D eigenvalue weighted by Gasteiger charge is -2.42. The van der Waals surface area contributed by atoms with E-state index in [-0.39, 0.29) is 12.1 Å². The molecule has 0 amide bonds. The van der Waals surface area contributed by atoms with Gasteiger partial charge in [0.25, 0.3) is 0 Å². The molecule has 0 radical (unpaired) electrons. The zero-order chi connectivity index (χ0) is 14.0. The van der Waals surface area contributed by atoms with E-state index in [1.165, 1.54) is 14.2 Å². The number of esters is 2. The van der Waals surface area contributed by atoms with Crippen LogP contribution in [-0.4, -0.2) is 56.0 Å². The molecule has 1 saturated heterocycles. The average molecular weight is 257 g/mol. The molecule has 1 heterocycles. The van der Waals surface area contributed by atoms with Crippen LogP contribution in [0.2, 0.25) is 0 Å². The normalized spacial score (nSPS) is 33.1. The molecule has 0 aromatic heterocycles. The molecule has 1 aliphatic rings. The van der Waals surface area contributed by atoms with E-state index in [4.69, 9.17) is 0 Å². The fraction of sp³-hybridized carbons (Fsp3) is 0.750. The summed E-state index contributed by atoms with van der Waals surface area (Å²) in [5, 5.41) is 0. The Bertz CT molecular complexity index is 335. The summed E-state index contributed by atoms with van der Waals surface area (Å²) in [6.07, 6.45) is 0. The number of likely N-dealkylation sites (tertiary alicyclic amines) is 1. The molecule has 0 N–H and O–H groups in total. The third-order valence-electron chi connectivity index (χ3n) is 3.77. The van der Waals surface area contributed by atoms with Crippen molar-refractivity contribution in [3.63, 3.8) is 0 Å². The number of rotatable bonds is 2. The number of Topliss-reactive ketones (excluding diaryl/α,β-unsaturated/α-hetero) is 1. The molecule has 6 heteroatoms. The van der Waals surface area contributed by atoms with Crippen LogP contribution in [0.5, 0.6) is 0 Å². The maximum absolute atomic E-state index is 12.3. The molecule has 102 valence electrons. The summed E-state index contributed by atoms with van der Waals surface area (Å²) < 4.78 is 9.27. The Hall–Kier alpha value is -1.43. The molecule has 0 bridgehead atoms. The molecule has 0 saturated carbocycles. The van der Waals surface area contributed by atoms with Crippen LogP contribution in [0.1, 0.15) is 13.8 Å². The number of ketones is 1. The van der Waals surface area contributed by atoms with Gasteiger partial charge in [-0.25, -0.2) is 0 Å². The summed E-state index contributed by atoms with van der Waals surface area (Å²) in [5.74, 6) is -3.53. The minimum atomic E-state index is -0.944. The van der Waals surface area contributed by atoms with Crippen molar-refractivity contribution in [3.8, 4) is 0 Å². The molecular weight excluding hydrogens is 238 g/mol. The van der Waals surface area contributed by atoms with Crippen molar-refractivity contribution in [1.82, 2.24) is 4.90 Å². The summed E-state index contributed by atoms with van der Waals surface area (Å²) in [6, 6.07) is -0.610. The lowest BCUT2D eigenvalue weighted by molar-refractivity contribution is -0.165. The number of ether oxygens (including phenoxy) is 2. The first-order chi connectivity index (χ1) is 8.36. The van der Waals surface area contributed by atoms with E-state index >= 15 is 0 Å². The number of methoxy groups -OCH3 is 2. The van der Waals surface area contributed by atoms with E-state index in [1.54, 1.807) is 20.9 Å². The Kier molecular flexibility index (Phi) is 4.45. The number of carbonyl (C=O) groups excluding carboxylic acids is 3. The van der Waals surface area contributed by atoms with E-state index in [2.05, 4.69) is 9.47 Å². The molecule has 0 spiro atoms. The quantitative estimate of drug-likeness (QED) is 0.506. The zero-order valence-electron chi connectivity index (χ0n) is 11.3. The van der Waals surface area contributed by atoms with Gasteiger partial charge in [-0.1, -0.05) is 0 Å². The minimum Gasteiger partial charge on any atom is -0.468 e. The Morgan fingerprint density at radius 2 is 1.33 bits per heavy atom. The van der Waals surface area contributed by atoms with E-state index in [1.807, 2.05) is 4.90 Å². The second-order valence-electron chi connectivity index (χ2n) is 4.55. The number of nitrogens with zero attached hydrogens (tertiary/aromatic N) is 1. The molecule has 4 atom stereocenters. The van der Waals surface area contributed by atoms with Gasteiger partial charge < -0.3 is 9.47 Å². The number of hydrogen-bond acceptors (Lipinski definition) is 6. The first-order valence-electron chi connectivity index (χ1n) is 5.78. The summed E-state index contributed by atoms with van der Waals surface area (Å²) in [5.41, 5.74) is 0. The third kappa shape index (κ3) is 2.25. The van der Waals surface area contributed by atoms with Crippen molar-refractivity contribution in [2.24, 2.45) is 11.8 Å². The van der Waals surface area contributed by atoms with Crippen LogP contribution in [0, 0.1) is 11.8 Å². The second-order valence-corrected chi connectivity index (χ2v) is 4.55. The molecule has 0 aliphatic carbocycles. The lowest BCUT2D eigenvalue weighted by Crippen LogP contribution is -2.60. The van der Waals surface area contributed by atoms with Crippen LogP contribution in [0.15, 0.2) is 0 Å². The van der Waals surface area contributed by atoms with E-state index < -0.39 is 29.6 Å². The maximum Gasteiger partial charge on any atom is 0.317 e. The standard InChI is InChI=1S/C12H19NO5/c1-6-8(11(15)17-4)10(14)9(12(16)18-5)7(2)13(6)3/h6-9H,1-5H3/t6-,7+,8-,9+. The van der Waals surface area contributed by atoms with Crippen LogP contribution in [0.25, 0.3) is 0 Å². The molecule has 0 aromatic carbocycles. The van der Waals surface area contributed by atoms with Crippen molar-refractivity contribution >= 4 is 17.7 Å². The van der Waals surface area contributed by atoms with Gasteiger partial charge in [0, 0.05) is 12.1 Å². The van der Waals surface area contributed by atoms with Crippen molar-refractivity contribution in [1.29, 1.82) is 0 Å². The number of carbonyl (C=O) groups is 3. The van der Waals surface area contributed by atoms with Gasteiger partial charge in [-0.05, 0) is 20.9 Å². The molecule has 1 aliphatic heterocycles. The highest BCUT2D eigenvalue weighted by Crippen LogP contribution is 2.30. The van der Waals surface area contributed by atoms with Crippen LogP contribution >= 0.6 is 0 Å². The van der Waals surface area contributed by atoms with Gasteiger partial charge in [-0.15, -0.1) is 0 Å². The summed E-state index contributed by atoms with van der Waals surface area (Å²) in [7, 11) is 4.23. The fourth-order valence-corrected chi connectivity index (χ4v) is 2.39. The minimum absolute atomic E-state index is 0.305. The van der Waals surface area contributed by atoms with E-state index in [9.17, 15) is 14.4 Å². The molecule has 0 aromatic rings. The van der Waals surface area contributed by atoms with Gasteiger partial charge in [-0.3, -0.25) is 19.3 Å². The smallest absolute Gasteiger partial charge is 0.317 e. The van der Waals surface area contributed by atoms with Gasteiger partial charge in [0.15, 0.2) is 5.78 Å². The van der Waals surface area contributed by atoms with Crippen LogP contribution in [0.3, 0.4) is 0 Å². The Labute approximate surface area is 106 Å². The van der Waals surface area contributed by atoms with Crippen molar-refractivity contribution in [2.45, 2.75) is 25.9 Å². The Morgan fingerprint density at radius 3 is 1.61 bits per heavy atom. The molecule has 6 nitrogen and oxygen atoms in total. The first kappa shape index (κ1) is 14.6. The maximum atomic E-state index is 12.3. The largest absolute Gasteiger partial charge is 0.468 e. The molecule has 1 rings (SSSR count). The number of hydrogen-bond donors (Lipinski definition) is 0. The highest BCUT2D eigenvalue weighted by atomic mass is 16.5. The predicted molar refractivity (Wildman–Crippen MR) is 62.7 cm³/mol. The van der Waals surface area contributed by atoms with Gasteiger partial charge in [0.2, 0.25) is 0 Å². The predicted octanol–water partition coefficient (Wildman–Crippen LogP) is -0.144. The molecular formula is C12H19NO5. The van der Waals surface area contributed by atoms with Gasteiger partial charge in [0.05, 0.1) is 14.2 Å².